The molecule has 2 aromatic rings. The third-order valence-electron chi connectivity index (χ3n) is 4.15. The van der Waals surface area contributed by atoms with Gasteiger partial charge in [0, 0.05) is 11.6 Å². The van der Waals surface area contributed by atoms with E-state index in [4.69, 9.17) is 0 Å². The molecule has 1 saturated carbocycles. The summed E-state index contributed by atoms with van der Waals surface area (Å²) in [6.45, 7) is 1.99. The fourth-order valence-electron chi connectivity index (χ4n) is 3.14. The summed E-state index contributed by atoms with van der Waals surface area (Å²) in [5.41, 5.74) is 1.76. The van der Waals surface area contributed by atoms with Gasteiger partial charge in [-0.2, -0.15) is 0 Å². The van der Waals surface area contributed by atoms with Crippen LogP contribution in [-0.4, -0.2) is 21.6 Å². The van der Waals surface area contributed by atoms with Gasteiger partial charge in [-0.3, -0.25) is 9.78 Å². The second kappa shape index (κ2) is 5.45. The third-order valence-corrected chi connectivity index (χ3v) is 4.15. The molecule has 0 saturated heterocycles. The molecule has 1 aliphatic rings. The van der Waals surface area contributed by atoms with Crippen molar-refractivity contribution in [3.63, 3.8) is 0 Å². The number of fused-ring (bicyclic) bond motifs is 1. The molecule has 1 heterocycles. The van der Waals surface area contributed by atoms with Crippen LogP contribution in [0.3, 0.4) is 0 Å². The number of hydrogen-bond acceptors (Lipinski definition) is 3. The summed E-state index contributed by atoms with van der Waals surface area (Å²) in [6.07, 6.45) is 5.31. The van der Waals surface area contributed by atoms with Crippen molar-refractivity contribution in [2.75, 3.05) is 5.32 Å². The average molecular weight is 284 g/mol. The highest BCUT2D eigenvalue weighted by Crippen LogP contribution is 2.33. The van der Waals surface area contributed by atoms with Gasteiger partial charge in [0.2, 0.25) is 5.91 Å². The van der Waals surface area contributed by atoms with Crippen LogP contribution in [0.1, 0.15) is 37.7 Å². The highest BCUT2D eigenvalue weighted by molar-refractivity contribution is 6.00. The molecule has 0 bridgehead atoms. The number of pyridine rings is 1. The van der Waals surface area contributed by atoms with E-state index in [1.165, 1.54) is 0 Å². The van der Waals surface area contributed by atoms with Crippen molar-refractivity contribution in [2.24, 2.45) is 0 Å². The molecule has 110 valence electrons. The van der Waals surface area contributed by atoms with Gasteiger partial charge in [-0.25, -0.2) is 0 Å². The maximum atomic E-state index is 12.2. The molecule has 2 N–H and O–H groups in total. The van der Waals surface area contributed by atoms with E-state index in [0.717, 1.165) is 35.0 Å². The summed E-state index contributed by atoms with van der Waals surface area (Å²) < 4.78 is 0. The van der Waals surface area contributed by atoms with Crippen LogP contribution in [0.5, 0.6) is 0 Å². The quantitative estimate of drug-likeness (QED) is 0.910. The second-order valence-electron chi connectivity index (χ2n) is 6.04. The lowest BCUT2D eigenvalue weighted by Crippen LogP contribution is -2.30. The summed E-state index contributed by atoms with van der Waals surface area (Å²) in [6, 6.07) is 7.83. The lowest BCUT2D eigenvalue weighted by atomic mass is 9.97. The van der Waals surface area contributed by atoms with Crippen molar-refractivity contribution < 1.29 is 9.90 Å². The van der Waals surface area contributed by atoms with E-state index in [1.807, 2.05) is 31.2 Å². The van der Waals surface area contributed by atoms with E-state index in [-0.39, 0.29) is 12.3 Å². The molecule has 21 heavy (non-hydrogen) atoms. The standard InChI is InChI=1S/C17H20N2O2/c1-12-9-13-5-4-8-18-16(13)14(10-12)19-15(20)11-17(21)6-2-3-7-17/h4-5,8-10,21H,2-3,6-7,11H2,1H3,(H,19,20). The van der Waals surface area contributed by atoms with Gasteiger partial charge >= 0.3 is 0 Å². The monoisotopic (exact) mass is 284 g/mol. The minimum Gasteiger partial charge on any atom is -0.389 e. The molecule has 1 aromatic carbocycles. The highest BCUT2D eigenvalue weighted by Gasteiger charge is 2.33. The minimum atomic E-state index is -0.822. The highest BCUT2D eigenvalue weighted by atomic mass is 16.3. The fourth-order valence-corrected chi connectivity index (χ4v) is 3.14. The summed E-state index contributed by atoms with van der Waals surface area (Å²) in [5.74, 6) is -0.142. The minimum absolute atomic E-state index is 0.142. The van der Waals surface area contributed by atoms with Gasteiger partial charge < -0.3 is 10.4 Å². The van der Waals surface area contributed by atoms with Crippen LogP contribution in [0.2, 0.25) is 0 Å². The van der Waals surface area contributed by atoms with E-state index >= 15 is 0 Å². The molecule has 1 aromatic heterocycles. The fraction of sp³-hybridized carbons (Fsp3) is 0.412. The zero-order valence-corrected chi connectivity index (χ0v) is 12.2. The number of carbonyl (C=O) groups excluding carboxylic acids is 1. The summed E-state index contributed by atoms with van der Waals surface area (Å²) in [5, 5.41) is 14.3. The normalized spacial score (nSPS) is 17.0. The zero-order chi connectivity index (χ0) is 14.9. The van der Waals surface area contributed by atoms with E-state index in [0.29, 0.717) is 12.8 Å². The van der Waals surface area contributed by atoms with Gasteiger partial charge in [-0.15, -0.1) is 0 Å². The Balaban J connectivity index is 1.82. The molecule has 1 amide bonds. The van der Waals surface area contributed by atoms with Crippen LogP contribution < -0.4 is 5.32 Å². The van der Waals surface area contributed by atoms with Crippen LogP contribution >= 0.6 is 0 Å². The van der Waals surface area contributed by atoms with Crippen LogP contribution in [0, 0.1) is 6.92 Å². The Morgan fingerprint density at radius 3 is 2.90 bits per heavy atom. The molecule has 3 rings (SSSR count). The Morgan fingerprint density at radius 2 is 2.14 bits per heavy atom. The molecule has 0 aliphatic heterocycles. The Labute approximate surface area is 124 Å². The first-order valence-corrected chi connectivity index (χ1v) is 7.43. The molecule has 0 spiro atoms. The number of amides is 1. The Morgan fingerprint density at radius 1 is 1.38 bits per heavy atom. The number of aliphatic hydroxyl groups is 1. The number of carbonyl (C=O) groups is 1. The van der Waals surface area contributed by atoms with E-state index in [9.17, 15) is 9.90 Å². The average Bonchev–Trinajstić information content (AvgIpc) is 2.84. The number of nitrogens with zero attached hydrogens (tertiary/aromatic N) is 1. The lowest BCUT2D eigenvalue weighted by Gasteiger charge is -2.21. The number of aryl methyl sites for hydroxylation is 1. The molecular formula is C17H20N2O2. The van der Waals surface area contributed by atoms with Crippen molar-refractivity contribution in [3.8, 4) is 0 Å². The predicted octanol–water partition coefficient (Wildman–Crippen LogP) is 3.18. The first-order chi connectivity index (χ1) is 10.1. The van der Waals surface area contributed by atoms with E-state index < -0.39 is 5.60 Å². The first-order valence-electron chi connectivity index (χ1n) is 7.43. The van der Waals surface area contributed by atoms with Gasteiger partial charge in [0.05, 0.1) is 23.2 Å². The van der Waals surface area contributed by atoms with Crippen molar-refractivity contribution >= 4 is 22.5 Å². The number of aromatic nitrogens is 1. The van der Waals surface area contributed by atoms with Gasteiger partial charge in [0.1, 0.15) is 0 Å². The smallest absolute Gasteiger partial charge is 0.227 e. The third kappa shape index (κ3) is 3.05. The molecular weight excluding hydrogens is 264 g/mol. The first kappa shape index (κ1) is 14.0. The topological polar surface area (TPSA) is 62.2 Å². The Hall–Kier alpha value is -1.94. The van der Waals surface area contributed by atoms with Crippen molar-refractivity contribution in [3.05, 3.63) is 36.0 Å². The number of anilines is 1. The largest absolute Gasteiger partial charge is 0.389 e. The van der Waals surface area contributed by atoms with Gasteiger partial charge in [0.25, 0.3) is 0 Å². The SMILES string of the molecule is Cc1cc(NC(=O)CC2(O)CCCC2)c2ncccc2c1. The number of nitrogens with one attached hydrogen (secondary N) is 1. The lowest BCUT2D eigenvalue weighted by molar-refractivity contribution is -0.120. The van der Waals surface area contributed by atoms with E-state index in [2.05, 4.69) is 10.3 Å². The van der Waals surface area contributed by atoms with Gasteiger partial charge in [-0.05, 0) is 43.5 Å². The summed E-state index contributed by atoms with van der Waals surface area (Å²) in [4.78, 5) is 16.6. The van der Waals surface area contributed by atoms with Crippen LogP contribution in [0.15, 0.2) is 30.5 Å². The van der Waals surface area contributed by atoms with Gasteiger partial charge in [-0.1, -0.05) is 18.9 Å². The van der Waals surface area contributed by atoms with Crippen molar-refractivity contribution in [1.29, 1.82) is 0 Å². The van der Waals surface area contributed by atoms with Crippen molar-refractivity contribution in [2.45, 2.75) is 44.6 Å². The summed E-state index contributed by atoms with van der Waals surface area (Å²) >= 11 is 0. The molecule has 0 unspecified atom stereocenters. The molecule has 0 atom stereocenters. The predicted molar refractivity (Wildman–Crippen MR) is 83.1 cm³/mol. The molecule has 4 heteroatoms. The summed E-state index contributed by atoms with van der Waals surface area (Å²) in [7, 11) is 0. The van der Waals surface area contributed by atoms with Crippen LogP contribution in [0.4, 0.5) is 5.69 Å². The van der Waals surface area contributed by atoms with Gasteiger partial charge in [0.15, 0.2) is 0 Å². The Kier molecular flexibility index (Phi) is 3.64. The van der Waals surface area contributed by atoms with E-state index in [1.54, 1.807) is 6.20 Å². The van der Waals surface area contributed by atoms with Crippen LogP contribution in [0.25, 0.3) is 10.9 Å². The number of rotatable bonds is 3. The number of hydrogen-bond donors (Lipinski definition) is 2. The second-order valence-corrected chi connectivity index (χ2v) is 6.04. The number of benzene rings is 1. The van der Waals surface area contributed by atoms with Crippen molar-refractivity contribution in [1.82, 2.24) is 4.98 Å². The Bertz CT molecular complexity index is 676. The maximum Gasteiger partial charge on any atom is 0.227 e. The van der Waals surface area contributed by atoms with Crippen LogP contribution in [-0.2, 0) is 4.79 Å². The molecule has 4 nitrogen and oxygen atoms in total. The molecule has 0 radical (unpaired) electrons. The molecule has 1 fully saturated rings. The molecule has 1 aliphatic carbocycles. The zero-order valence-electron chi connectivity index (χ0n) is 12.2. The maximum absolute atomic E-state index is 12.2.